The fraction of sp³-hybridized carbons (Fsp3) is 0.500. The van der Waals surface area contributed by atoms with Crippen molar-refractivity contribution in [2.45, 2.75) is 39.7 Å². The van der Waals surface area contributed by atoms with Crippen LogP contribution in [0.1, 0.15) is 35.5 Å². The fourth-order valence-corrected chi connectivity index (χ4v) is 2.31. The van der Waals surface area contributed by atoms with E-state index in [9.17, 15) is 14.7 Å². The van der Waals surface area contributed by atoms with Crippen molar-refractivity contribution in [3.05, 3.63) is 35.4 Å². The maximum Gasteiger partial charge on any atom is 0.330 e. The molecule has 0 bridgehead atoms. The van der Waals surface area contributed by atoms with Crippen LogP contribution in [0.5, 0.6) is 0 Å². The Hall–Kier alpha value is -1.68. The van der Waals surface area contributed by atoms with Crippen molar-refractivity contribution >= 4 is 11.8 Å². The monoisotopic (exact) mass is 279 g/mol. The van der Waals surface area contributed by atoms with Crippen LogP contribution in [-0.2, 0) is 14.3 Å². The summed E-state index contributed by atoms with van der Waals surface area (Å²) >= 11 is 0. The van der Waals surface area contributed by atoms with Crippen molar-refractivity contribution in [1.82, 2.24) is 0 Å². The lowest BCUT2D eigenvalue weighted by Crippen LogP contribution is -2.48. The zero-order valence-corrected chi connectivity index (χ0v) is 12.6. The maximum atomic E-state index is 11.7. The van der Waals surface area contributed by atoms with Gasteiger partial charge in [0.05, 0.1) is 8.48 Å². The summed E-state index contributed by atoms with van der Waals surface area (Å²) in [6.45, 7) is 6.79. The van der Waals surface area contributed by atoms with Crippen LogP contribution in [0.25, 0.3) is 0 Å². The summed E-state index contributed by atoms with van der Waals surface area (Å²) in [5, 5.41) is 11.0. The standard InChI is InChI=1S/C16H22O4/c1-11(8-14(18)20-5)6-7-16(19)12(2)9-13(17)10-15(16,3)4/h6-9,19H,10H2,1-5H3/b7-6+,11-8-/i7D. The van der Waals surface area contributed by atoms with Crippen molar-refractivity contribution in [3.8, 4) is 0 Å². The normalized spacial score (nSPS) is 27.8. The predicted molar refractivity (Wildman–Crippen MR) is 77.0 cm³/mol. The van der Waals surface area contributed by atoms with Gasteiger partial charge in [-0.15, -0.1) is 0 Å². The smallest absolute Gasteiger partial charge is 0.330 e. The molecule has 4 heteroatoms. The number of ether oxygens (including phenoxy) is 1. The van der Waals surface area contributed by atoms with Crippen molar-refractivity contribution in [2.24, 2.45) is 5.41 Å². The molecule has 0 amide bonds. The van der Waals surface area contributed by atoms with Gasteiger partial charge >= 0.3 is 5.97 Å². The molecule has 110 valence electrons. The molecule has 1 aliphatic carbocycles. The number of carbonyl (C=O) groups is 2. The molecule has 1 aliphatic rings. The topological polar surface area (TPSA) is 63.6 Å². The van der Waals surface area contributed by atoms with Gasteiger partial charge < -0.3 is 9.84 Å². The Labute approximate surface area is 121 Å². The predicted octanol–water partition coefficient (Wildman–Crippen LogP) is 2.34. The minimum Gasteiger partial charge on any atom is -0.466 e. The molecular formula is C16H22O4. The van der Waals surface area contributed by atoms with Gasteiger partial charge in [-0.05, 0) is 37.1 Å². The van der Waals surface area contributed by atoms with Gasteiger partial charge in [-0.2, -0.15) is 0 Å². The first-order chi connectivity index (χ1) is 9.54. The van der Waals surface area contributed by atoms with Crippen LogP contribution in [0.15, 0.2) is 35.4 Å². The Morgan fingerprint density at radius 1 is 1.55 bits per heavy atom. The summed E-state index contributed by atoms with van der Waals surface area (Å²) < 4.78 is 12.7. The van der Waals surface area contributed by atoms with Crippen molar-refractivity contribution < 1.29 is 20.8 Å². The molecule has 0 aromatic rings. The first-order valence-electron chi connectivity index (χ1n) is 6.93. The van der Waals surface area contributed by atoms with Crippen molar-refractivity contribution in [1.29, 1.82) is 0 Å². The van der Waals surface area contributed by atoms with E-state index in [0.29, 0.717) is 11.1 Å². The first kappa shape index (κ1) is 14.7. The van der Waals surface area contributed by atoms with E-state index in [2.05, 4.69) is 4.74 Å². The Bertz CT molecular complexity index is 555. The number of rotatable bonds is 3. The molecule has 0 radical (unpaired) electrons. The lowest BCUT2D eigenvalue weighted by molar-refractivity contribution is -0.134. The number of ketones is 1. The van der Waals surface area contributed by atoms with Gasteiger partial charge in [-0.1, -0.05) is 19.9 Å². The lowest BCUT2D eigenvalue weighted by atomic mass is 9.64. The Balaban J connectivity index is 3.28. The lowest BCUT2D eigenvalue weighted by Gasteiger charge is -2.43. The highest BCUT2D eigenvalue weighted by molar-refractivity contribution is 5.92. The van der Waals surface area contributed by atoms with Crippen LogP contribution in [0, 0.1) is 5.41 Å². The van der Waals surface area contributed by atoms with E-state index in [4.69, 9.17) is 1.37 Å². The van der Waals surface area contributed by atoms with Gasteiger partial charge in [0.2, 0.25) is 0 Å². The molecule has 1 N–H and O–H groups in total. The Morgan fingerprint density at radius 2 is 2.15 bits per heavy atom. The van der Waals surface area contributed by atoms with E-state index in [1.165, 1.54) is 25.3 Å². The molecular weight excluding hydrogens is 256 g/mol. The molecule has 4 nitrogen and oxygen atoms in total. The zero-order chi connectivity index (χ0) is 16.4. The van der Waals surface area contributed by atoms with Gasteiger partial charge in [0.15, 0.2) is 5.78 Å². The van der Waals surface area contributed by atoms with Gasteiger partial charge in [0.1, 0.15) is 5.60 Å². The number of hydrogen-bond acceptors (Lipinski definition) is 4. The molecule has 1 atom stereocenters. The minimum atomic E-state index is -1.54. The first-order valence-corrected chi connectivity index (χ1v) is 6.43. The summed E-state index contributed by atoms with van der Waals surface area (Å²) in [6, 6.07) is -0.0496. The largest absolute Gasteiger partial charge is 0.466 e. The summed E-state index contributed by atoms with van der Waals surface area (Å²) in [4.78, 5) is 22.9. The number of hydrogen-bond donors (Lipinski definition) is 1. The Morgan fingerprint density at radius 3 is 2.65 bits per heavy atom. The van der Waals surface area contributed by atoms with E-state index < -0.39 is 17.0 Å². The molecule has 0 saturated heterocycles. The summed E-state index contributed by atoms with van der Waals surface area (Å²) in [7, 11) is 1.27. The molecule has 1 rings (SSSR count). The quantitative estimate of drug-likeness (QED) is 0.489. The number of allylic oxidation sites excluding steroid dienone is 3. The average molecular weight is 279 g/mol. The summed E-state index contributed by atoms with van der Waals surface area (Å²) in [6.07, 6.45) is 4.22. The second-order valence-corrected chi connectivity index (χ2v) is 5.76. The van der Waals surface area contributed by atoms with Crippen LogP contribution >= 0.6 is 0 Å². The van der Waals surface area contributed by atoms with Gasteiger partial charge in [-0.25, -0.2) is 4.79 Å². The zero-order valence-electron chi connectivity index (χ0n) is 13.6. The van der Waals surface area contributed by atoms with Gasteiger partial charge in [0.25, 0.3) is 0 Å². The number of carbonyl (C=O) groups excluding carboxylic acids is 2. The maximum absolute atomic E-state index is 11.7. The number of esters is 1. The molecule has 0 aliphatic heterocycles. The minimum absolute atomic E-state index is 0.0496. The third kappa shape index (κ3) is 3.25. The summed E-state index contributed by atoms with van der Waals surface area (Å²) in [5.74, 6) is -0.578. The van der Waals surface area contributed by atoms with E-state index >= 15 is 0 Å². The molecule has 1 unspecified atom stereocenters. The van der Waals surface area contributed by atoms with E-state index in [-0.39, 0.29) is 18.3 Å². The van der Waals surface area contributed by atoms with E-state index in [0.717, 1.165) is 0 Å². The Kier molecular flexibility index (Phi) is 4.23. The third-order valence-corrected chi connectivity index (χ3v) is 3.60. The molecule has 20 heavy (non-hydrogen) atoms. The fourth-order valence-electron chi connectivity index (χ4n) is 2.31. The molecule has 0 saturated carbocycles. The van der Waals surface area contributed by atoms with Crippen molar-refractivity contribution in [3.63, 3.8) is 0 Å². The molecule has 0 aromatic carbocycles. The number of methoxy groups -OCH3 is 1. The van der Waals surface area contributed by atoms with Crippen LogP contribution in [0.3, 0.4) is 0 Å². The van der Waals surface area contributed by atoms with Crippen LogP contribution < -0.4 is 0 Å². The number of aliphatic hydroxyl groups is 1. The molecule has 0 heterocycles. The van der Waals surface area contributed by atoms with E-state index in [1.807, 2.05) is 0 Å². The highest BCUT2D eigenvalue weighted by Crippen LogP contribution is 2.44. The molecule has 0 aromatic heterocycles. The van der Waals surface area contributed by atoms with Gasteiger partial charge in [-0.3, -0.25) is 4.79 Å². The van der Waals surface area contributed by atoms with Crippen molar-refractivity contribution in [2.75, 3.05) is 7.11 Å². The second-order valence-electron chi connectivity index (χ2n) is 5.76. The third-order valence-electron chi connectivity index (χ3n) is 3.60. The van der Waals surface area contributed by atoms with E-state index in [1.54, 1.807) is 27.7 Å². The molecule has 0 fully saturated rings. The van der Waals surface area contributed by atoms with Crippen LogP contribution in [0.4, 0.5) is 0 Å². The highest BCUT2D eigenvalue weighted by atomic mass is 16.5. The van der Waals surface area contributed by atoms with Crippen LogP contribution in [0.2, 0.25) is 0 Å². The second kappa shape index (κ2) is 5.75. The van der Waals surface area contributed by atoms with Crippen LogP contribution in [-0.4, -0.2) is 29.6 Å². The highest BCUT2D eigenvalue weighted by Gasteiger charge is 2.46. The average Bonchev–Trinajstić information content (AvgIpc) is 2.34. The summed E-state index contributed by atoms with van der Waals surface area (Å²) in [5.41, 5.74) is -1.38. The molecule has 0 spiro atoms. The SMILES string of the molecule is [2H]/C(=C\C(C)=C/C(=O)OC)C1(O)C(C)=CC(=O)CC1(C)C. The van der Waals surface area contributed by atoms with Gasteiger partial charge in [0, 0.05) is 17.9 Å².